The molecule has 1 aliphatic heterocycles. The van der Waals surface area contributed by atoms with Gasteiger partial charge in [-0.25, -0.2) is 5.84 Å². The smallest absolute Gasteiger partial charge is 0.233 e. The molecule has 1 heterocycles. The Balaban J connectivity index is 2.06. The van der Waals surface area contributed by atoms with Gasteiger partial charge in [0.2, 0.25) is 11.8 Å². The highest BCUT2D eigenvalue weighted by Gasteiger charge is 2.22. The molecular formula is C11H22N4O2. The zero-order valence-electron chi connectivity index (χ0n) is 10.2. The number of hydrogen-bond acceptors (Lipinski definition) is 4. The average Bonchev–Trinajstić information content (AvgIpc) is 2.34. The fraction of sp³-hybridized carbons (Fsp3) is 0.818. The third kappa shape index (κ3) is 5.14. The lowest BCUT2D eigenvalue weighted by atomic mass is 9.96. The van der Waals surface area contributed by atoms with Gasteiger partial charge < -0.3 is 10.6 Å². The van der Waals surface area contributed by atoms with Gasteiger partial charge in [0.25, 0.3) is 0 Å². The molecule has 0 atom stereocenters. The van der Waals surface area contributed by atoms with Crippen molar-refractivity contribution in [2.24, 2.45) is 17.5 Å². The molecule has 0 aromatic heterocycles. The molecule has 1 saturated heterocycles. The van der Waals surface area contributed by atoms with Crippen molar-refractivity contribution in [1.82, 2.24) is 10.3 Å². The summed E-state index contributed by atoms with van der Waals surface area (Å²) < 4.78 is 0. The minimum atomic E-state index is -0.177. The lowest BCUT2D eigenvalue weighted by Gasteiger charge is -2.30. The van der Waals surface area contributed by atoms with Gasteiger partial charge in [-0.15, -0.1) is 0 Å². The first-order valence-corrected chi connectivity index (χ1v) is 6.14. The predicted molar refractivity (Wildman–Crippen MR) is 64.5 cm³/mol. The van der Waals surface area contributed by atoms with Gasteiger partial charge in [0, 0.05) is 12.3 Å². The summed E-state index contributed by atoms with van der Waals surface area (Å²) in [4.78, 5) is 24.2. The second-order valence-corrected chi connectivity index (χ2v) is 4.54. The van der Waals surface area contributed by atoms with E-state index in [1.54, 1.807) is 0 Å². The zero-order chi connectivity index (χ0) is 12.7. The third-order valence-electron chi connectivity index (χ3n) is 3.28. The van der Waals surface area contributed by atoms with E-state index in [4.69, 9.17) is 11.6 Å². The molecule has 1 aliphatic rings. The molecule has 0 aliphatic carbocycles. The Labute approximate surface area is 102 Å². The SMILES string of the molecule is NNC(=O)CCCCN1CCC(C(N)=O)CC1. The molecule has 0 radical (unpaired) electrons. The molecule has 0 aromatic rings. The van der Waals surface area contributed by atoms with Gasteiger partial charge in [0.15, 0.2) is 0 Å². The largest absolute Gasteiger partial charge is 0.369 e. The Bertz CT molecular complexity index is 262. The first kappa shape index (κ1) is 13.9. The van der Waals surface area contributed by atoms with Gasteiger partial charge in [0.1, 0.15) is 0 Å². The van der Waals surface area contributed by atoms with Crippen LogP contribution in [0.3, 0.4) is 0 Å². The van der Waals surface area contributed by atoms with Crippen LogP contribution in [0.15, 0.2) is 0 Å². The number of amides is 2. The number of carbonyl (C=O) groups excluding carboxylic acids is 2. The minimum Gasteiger partial charge on any atom is -0.369 e. The van der Waals surface area contributed by atoms with Crippen LogP contribution in [0.25, 0.3) is 0 Å². The highest BCUT2D eigenvalue weighted by Crippen LogP contribution is 2.16. The van der Waals surface area contributed by atoms with Crippen LogP contribution in [-0.2, 0) is 9.59 Å². The van der Waals surface area contributed by atoms with E-state index >= 15 is 0 Å². The fourth-order valence-electron chi connectivity index (χ4n) is 2.13. The first-order valence-electron chi connectivity index (χ1n) is 6.14. The number of nitrogens with one attached hydrogen (secondary N) is 1. The monoisotopic (exact) mass is 242 g/mol. The van der Waals surface area contributed by atoms with Crippen molar-refractivity contribution in [1.29, 1.82) is 0 Å². The maximum absolute atomic E-state index is 11.0. The van der Waals surface area contributed by atoms with Crippen molar-refractivity contribution >= 4 is 11.8 Å². The average molecular weight is 242 g/mol. The lowest BCUT2D eigenvalue weighted by Crippen LogP contribution is -2.39. The lowest BCUT2D eigenvalue weighted by molar-refractivity contribution is -0.123. The molecule has 6 heteroatoms. The number of nitrogens with two attached hydrogens (primary N) is 2. The summed E-state index contributed by atoms with van der Waals surface area (Å²) in [7, 11) is 0. The molecule has 17 heavy (non-hydrogen) atoms. The number of rotatable bonds is 6. The Morgan fingerprint density at radius 1 is 1.24 bits per heavy atom. The summed E-state index contributed by atoms with van der Waals surface area (Å²) in [6.07, 6.45) is 4.03. The summed E-state index contributed by atoms with van der Waals surface area (Å²) in [6, 6.07) is 0. The third-order valence-corrected chi connectivity index (χ3v) is 3.28. The Morgan fingerprint density at radius 2 is 1.88 bits per heavy atom. The molecule has 0 spiro atoms. The number of likely N-dealkylation sites (tertiary alicyclic amines) is 1. The summed E-state index contributed by atoms with van der Waals surface area (Å²) in [6.45, 7) is 2.83. The predicted octanol–water partition coefficient (Wildman–Crippen LogP) is -0.656. The molecule has 98 valence electrons. The molecular weight excluding hydrogens is 220 g/mol. The van der Waals surface area contributed by atoms with Crippen molar-refractivity contribution < 1.29 is 9.59 Å². The van der Waals surface area contributed by atoms with Crippen molar-refractivity contribution in [2.45, 2.75) is 32.1 Å². The first-order chi connectivity index (χ1) is 8.13. The van der Waals surface area contributed by atoms with E-state index in [9.17, 15) is 9.59 Å². The summed E-state index contributed by atoms with van der Waals surface area (Å²) in [5, 5.41) is 0. The van der Waals surface area contributed by atoms with E-state index in [2.05, 4.69) is 10.3 Å². The standard InChI is InChI=1S/C11H22N4O2/c12-11(17)9-4-7-15(8-5-9)6-2-1-3-10(16)14-13/h9H,1-8,13H2,(H2,12,17)(H,14,16). The van der Waals surface area contributed by atoms with E-state index in [1.807, 2.05) is 0 Å². The highest BCUT2D eigenvalue weighted by atomic mass is 16.2. The molecule has 1 fully saturated rings. The Hall–Kier alpha value is -1.14. The van der Waals surface area contributed by atoms with Crippen LogP contribution in [0.4, 0.5) is 0 Å². The Morgan fingerprint density at radius 3 is 2.41 bits per heavy atom. The molecule has 1 rings (SSSR count). The topological polar surface area (TPSA) is 101 Å². The van der Waals surface area contributed by atoms with Crippen LogP contribution < -0.4 is 17.0 Å². The number of carbonyl (C=O) groups is 2. The number of nitrogens with zero attached hydrogens (tertiary/aromatic N) is 1. The van der Waals surface area contributed by atoms with Crippen LogP contribution in [0, 0.1) is 5.92 Å². The van der Waals surface area contributed by atoms with Crippen molar-refractivity contribution in [3.05, 3.63) is 0 Å². The van der Waals surface area contributed by atoms with Gasteiger partial charge in [-0.2, -0.15) is 0 Å². The van der Waals surface area contributed by atoms with Gasteiger partial charge in [-0.05, 0) is 45.3 Å². The second kappa shape index (κ2) is 7.24. The van der Waals surface area contributed by atoms with Crippen molar-refractivity contribution in [2.75, 3.05) is 19.6 Å². The van der Waals surface area contributed by atoms with Crippen molar-refractivity contribution in [3.8, 4) is 0 Å². The molecule has 2 amide bonds. The quantitative estimate of drug-likeness (QED) is 0.249. The molecule has 5 N–H and O–H groups in total. The molecule has 0 saturated carbocycles. The maximum atomic E-state index is 11.0. The van der Waals surface area contributed by atoms with Crippen LogP contribution in [0.1, 0.15) is 32.1 Å². The number of primary amides is 1. The van der Waals surface area contributed by atoms with Gasteiger partial charge in [-0.1, -0.05) is 0 Å². The van der Waals surface area contributed by atoms with Gasteiger partial charge >= 0.3 is 0 Å². The molecule has 0 aromatic carbocycles. The van der Waals surface area contributed by atoms with Crippen LogP contribution in [-0.4, -0.2) is 36.3 Å². The van der Waals surface area contributed by atoms with E-state index in [-0.39, 0.29) is 17.7 Å². The zero-order valence-corrected chi connectivity index (χ0v) is 10.2. The summed E-state index contributed by atoms with van der Waals surface area (Å²) in [5.41, 5.74) is 7.39. The number of piperidine rings is 1. The number of unbranched alkanes of at least 4 members (excludes halogenated alkanes) is 1. The van der Waals surface area contributed by atoms with Crippen LogP contribution in [0.2, 0.25) is 0 Å². The van der Waals surface area contributed by atoms with Crippen LogP contribution >= 0.6 is 0 Å². The minimum absolute atomic E-state index is 0.0502. The highest BCUT2D eigenvalue weighted by molar-refractivity contribution is 5.76. The molecule has 0 bridgehead atoms. The van der Waals surface area contributed by atoms with E-state index in [1.165, 1.54) is 0 Å². The number of hydrazine groups is 1. The van der Waals surface area contributed by atoms with E-state index < -0.39 is 0 Å². The summed E-state index contributed by atoms with van der Waals surface area (Å²) >= 11 is 0. The Kier molecular flexibility index (Phi) is 5.93. The molecule has 6 nitrogen and oxygen atoms in total. The normalized spacial score (nSPS) is 17.9. The van der Waals surface area contributed by atoms with E-state index in [0.717, 1.165) is 45.3 Å². The second-order valence-electron chi connectivity index (χ2n) is 4.54. The maximum Gasteiger partial charge on any atom is 0.233 e. The van der Waals surface area contributed by atoms with Gasteiger partial charge in [-0.3, -0.25) is 15.0 Å². The van der Waals surface area contributed by atoms with Crippen LogP contribution in [0.5, 0.6) is 0 Å². The fourth-order valence-corrected chi connectivity index (χ4v) is 2.13. The van der Waals surface area contributed by atoms with E-state index in [0.29, 0.717) is 6.42 Å². The van der Waals surface area contributed by atoms with Gasteiger partial charge in [0.05, 0.1) is 0 Å². The molecule has 0 unspecified atom stereocenters. The van der Waals surface area contributed by atoms with Crippen molar-refractivity contribution in [3.63, 3.8) is 0 Å². The summed E-state index contributed by atoms with van der Waals surface area (Å²) in [5.74, 6) is 4.75. The number of hydrogen-bond donors (Lipinski definition) is 3.